The van der Waals surface area contributed by atoms with E-state index in [2.05, 4.69) is 26.1 Å². The van der Waals surface area contributed by atoms with Gasteiger partial charge in [-0.05, 0) is 35.0 Å². The van der Waals surface area contributed by atoms with Crippen molar-refractivity contribution in [2.45, 2.75) is 13.5 Å². The molecular weight excluding hydrogens is 304 g/mol. The van der Waals surface area contributed by atoms with E-state index >= 15 is 0 Å². The molecule has 0 saturated carbocycles. The summed E-state index contributed by atoms with van der Waals surface area (Å²) in [6.07, 6.45) is 0. The average Bonchev–Trinajstić information content (AvgIpc) is 2.73. The second-order valence-electron chi connectivity index (χ2n) is 3.45. The Hall–Kier alpha value is -1.89. The number of hydrogen-bond acceptors (Lipinski definition) is 5. The largest absolute Gasteiger partial charge is 0.482 e. The predicted octanol–water partition coefficient (Wildman–Crippen LogP) is 2.42. The first-order chi connectivity index (χ1) is 8.58. The maximum absolute atomic E-state index is 11.0. The molecule has 1 aromatic carbocycles. The number of carboxylic acids is 1. The van der Waals surface area contributed by atoms with Crippen molar-refractivity contribution >= 4 is 21.9 Å². The summed E-state index contributed by atoms with van der Waals surface area (Å²) in [4.78, 5) is 15.0. The number of halogens is 1. The van der Waals surface area contributed by atoms with Crippen LogP contribution in [-0.4, -0.2) is 21.2 Å². The lowest BCUT2D eigenvalue weighted by atomic mass is 10.2. The van der Waals surface area contributed by atoms with Crippen molar-refractivity contribution in [3.8, 4) is 5.75 Å². The van der Waals surface area contributed by atoms with Crippen LogP contribution in [0.1, 0.15) is 22.1 Å². The van der Waals surface area contributed by atoms with Crippen LogP contribution in [0.3, 0.4) is 0 Å². The van der Waals surface area contributed by atoms with E-state index in [1.54, 1.807) is 19.1 Å². The molecule has 0 atom stereocenters. The molecular formula is C11H9BrN2O4. The minimum Gasteiger partial charge on any atom is -0.482 e. The number of ether oxygens (including phenoxy) is 1. The van der Waals surface area contributed by atoms with Crippen molar-refractivity contribution in [3.05, 3.63) is 40.0 Å². The highest BCUT2D eigenvalue weighted by Gasteiger charge is 2.15. The van der Waals surface area contributed by atoms with Gasteiger partial charge >= 0.3 is 5.97 Å². The molecule has 0 aliphatic heterocycles. The van der Waals surface area contributed by atoms with E-state index in [4.69, 9.17) is 14.4 Å². The second-order valence-corrected chi connectivity index (χ2v) is 4.30. The van der Waals surface area contributed by atoms with E-state index in [9.17, 15) is 4.79 Å². The smallest absolute Gasteiger partial charge is 0.339 e. The summed E-state index contributed by atoms with van der Waals surface area (Å²) in [5, 5.41) is 12.7. The zero-order chi connectivity index (χ0) is 13.1. The van der Waals surface area contributed by atoms with Crippen molar-refractivity contribution in [1.29, 1.82) is 0 Å². The summed E-state index contributed by atoms with van der Waals surface area (Å²) in [5.74, 6) is -0.0346. The average molecular weight is 313 g/mol. The van der Waals surface area contributed by atoms with Crippen LogP contribution in [0.5, 0.6) is 5.75 Å². The highest BCUT2D eigenvalue weighted by Crippen LogP contribution is 2.29. The fourth-order valence-electron chi connectivity index (χ4n) is 1.36. The third-order valence-corrected chi connectivity index (χ3v) is 2.73. The van der Waals surface area contributed by atoms with Gasteiger partial charge in [0.15, 0.2) is 12.4 Å². The number of carbonyl (C=O) groups is 1. The maximum Gasteiger partial charge on any atom is 0.339 e. The SMILES string of the molecule is Cc1noc(COc2c(Br)cccc2C(=O)O)n1. The number of aryl methyl sites for hydroxylation is 1. The number of carboxylic acid groups (broad SMARTS) is 1. The van der Waals surface area contributed by atoms with Gasteiger partial charge in [-0.3, -0.25) is 0 Å². The van der Waals surface area contributed by atoms with E-state index in [-0.39, 0.29) is 17.9 Å². The summed E-state index contributed by atoms with van der Waals surface area (Å²) in [7, 11) is 0. The fraction of sp³-hybridized carbons (Fsp3) is 0.182. The maximum atomic E-state index is 11.0. The van der Waals surface area contributed by atoms with E-state index in [0.717, 1.165) is 0 Å². The molecule has 0 aliphatic rings. The molecule has 6 nitrogen and oxygen atoms in total. The van der Waals surface area contributed by atoms with Crippen LogP contribution in [0.4, 0.5) is 0 Å². The number of nitrogens with zero attached hydrogens (tertiary/aromatic N) is 2. The lowest BCUT2D eigenvalue weighted by Gasteiger charge is -2.08. The van der Waals surface area contributed by atoms with Crippen LogP contribution in [0, 0.1) is 6.92 Å². The molecule has 0 aliphatic carbocycles. The van der Waals surface area contributed by atoms with Gasteiger partial charge in [0.25, 0.3) is 5.89 Å². The van der Waals surface area contributed by atoms with Gasteiger partial charge in [0.05, 0.1) is 4.47 Å². The van der Waals surface area contributed by atoms with Crippen LogP contribution in [0.2, 0.25) is 0 Å². The van der Waals surface area contributed by atoms with Crippen LogP contribution in [-0.2, 0) is 6.61 Å². The van der Waals surface area contributed by atoms with E-state index in [0.29, 0.717) is 16.2 Å². The van der Waals surface area contributed by atoms with Crippen LogP contribution in [0.25, 0.3) is 0 Å². The van der Waals surface area contributed by atoms with Gasteiger partial charge < -0.3 is 14.4 Å². The van der Waals surface area contributed by atoms with Gasteiger partial charge in [-0.25, -0.2) is 4.79 Å². The second kappa shape index (κ2) is 5.18. The number of para-hydroxylation sites is 1. The monoisotopic (exact) mass is 312 g/mol. The Bertz CT molecular complexity index is 582. The molecule has 0 radical (unpaired) electrons. The fourth-order valence-corrected chi connectivity index (χ4v) is 1.84. The van der Waals surface area contributed by atoms with Crippen LogP contribution < -0.4 is 4.74 Å². The molecule has 0 bridgehead atoms. The highest BCUT2D eigenvalue weighted by molar-refractivity contribution is 9.10. The summed E-state index contributed by atoms with van der Waals surface area (Å²) in [5.41, 5.74) is 0.0700. The summed E-state index contributed by atoms with van der Waals surface area (Å²) in [6, 6.07) is 4.78. The lowest BCUT2D eigenvalue weighted by Crippen LogP contribution is -2.04. The summed E-state index contributed by atoms with van der Waals surface area (Å²) in [6.45, 7) is 1.71. The third kappa shape index (κ3) is 2.67. The Morgan fingerprint density at radius 3 is 2.94 bits per heavy atom. The van der Waals surface area contributed by atoms with Gasteiger partial charge in [0.2, 0.25) is 0 Å². The Kier molecular flexibility index (Phi) is 3.61. The van der Waals surface area contributed by atoms with Gasteiger partial charge in [0, 0.05) is 0 Å². The number of aromatic nitrogens is 2. The first kappa shape index (κ1) is 12.6. The summed E-state index contributed by atoms with van der Waals surface area (Å²) < 4.78 is 10.8. The molecule has 0 unspecified atom stereocenters. The molecule has 2 aromatic rings. The molecule has 0 saturated heterocycles. The molecule has 94 valence electrons. The number of hydrogen-bond donors (Lipinski definition) is 1. The quantitative estimate of drug-likeness (QED) is 0.933. The minimum atomic E-state index is -1.06. The number of rotatable bonds is 4. The van der Waals surface area contributed by atoms with E-state index in [1.807, 2.05) is 0 Å². The molecule has 7 heteroatoms. The van der Waals surface area contributed by atoms with E-state index < -0.39 is 5.97 Å². The summed E-state index contributed by atoms with van der Waals surface area (Å²) >= 11 is 3.24. The molecule has 0 spiro atoms. The Balaban J connectivity index is 2.20. The van der Waals surface area contributed by atoms with Gasteiger partial charge in [-0.2, -0.15) is 4.98 Å². The number of aromatic carboxylic acids is 1. The minimum absolute atomic E-state index is 0.0176. The van der Waals surface area contributed by atoms with Gasteiger partial charge in [-0.15, -0.1) is 0 Å². The molecule has 2 rings (SSSR count). The molecule has 18 heavy (non-hydrogen) atoms. The van der Waals surface area contributed by atoms with Crippen molar-refractivity contribution < 1.29 is 19.2 Å². The lowest BCUT2D eigenvalue weighted by molar-refractivity contribution is 0.0690. The molecule has 0 fully saturated rings. The zero-order valence-electron chi connectivity index (χ0n) is 9.38. The highest BCUT2D eigenvalue weighted by atomic mass is 79.9. The normalized spacial score (nSPS) is 10.3. The van der Waals surface area contributed by atoms with Gasteiger partial charge in [-0.1, -0.05) is 11.2 Å². The first-order valence-corrected chi connectivity index (χ1v) is 5.81. The van der Waals surface area contributed by atoms with Crippen molar-refractivity contribution in [2.24, 2.45) is 0 Å². The van der Waals surface area contributed by atoms with E-state index in [1.165, 1.54) is 6.07 Å². The standard InChI is InChI=1S/C11H9BrN2O4/c1-6-13-9(18-14-6)5-17-10-7(11(15)16)3-2-4-8(10)12/h2-4H,5H2,1H3,(H,15,16). The van der Waals surface area contributed by atoms with Crippen molar-refractivity contribution in [2.75, 3.05) is 0 Å². The van der Waals surface area contributed by atoms with Crippen molar-refractivity contribution in [3.63, 3.8) is 0 Å². The Morgan fingerprint density at radius 1 is 1.56 bits per heavy atom. The number of benzene rings is 1. The van der Waals surface area contributed by atoms with Crippen molar-refractivity contribution in [1.82, 2.24) is 10.1 Å². The molecule has 1 aromatic heterocycles. The first-order valence-electron chi connectivity index (χ1n) is 5.01. The Labute approximate surface area is 111 Å². The predicted molar refractivity (Wildman–Crippen MR) is 64.5 cm³/mol. The van der Waals surface area contributed by atoms with Crippen LogP contribution >= 0.6 is 15.9 Å². The molecule has 0 amide bonds. The zero-order valence-corrected chi connectivity index (χ0v) is 11.0. The van der Waals surface area contributed by atoms with Gasteiger partial charge in [0.1, 0.15) is 11.3 Å². The third-order valence-electron chi connectivity index (χ3n) is 2.11. The van der Waals surface area contributed by atoms with Crippen LogP contribution in [0.15, 0.2) is 27.2 Å². The molecule has 1 N–H and O–H groups in total. The Morgan fingerprint density at radius 2 is 2.33 bits per heavy atom. The molecule has 1 heterocycles. The topological polar surface area (TPSA) is 85.5 Å².